The van der Waals surface area contributed by atoms with Crippen LogP contribution in [-0.4, -0.2) is 5.78 Å². The van der Waals surface area contributed by atoms with Crippen molar-refractivity contribution in [1.82, 2.24) is 0 Å². The second kappa shape index (κ2) is 9.76. The van der Waals surface area contributed by atoms with E-state index in [9.17, 15) is 10.1 Å². The van der Waals surface area contributed by atoms with Gasteiger partial charge in [0, 0.05) is 38.5 Å². The Labute approximate surface area is 202 Å². The molecule has 32 heavy (non-hydrogen) atoms. The fourth-order valence-electron chi connectivity index (χ4n) is 4.01. The Hall–Kier alpha value is -2.83. The lowest BCUT2D eigenvalue weighted by molar-refractivity contribution is 0.0972. The molecule has 4 aromatic carbocycles. The van der Waals surface area contributed by atoms with Crippen molar-refractivity contribution in [2.24, 2.45) is 0 Å². The van der Waals surface area contributed by atoms with Gasteiger partial charge in [0.2, 0.25) is 0 Å². The number of rotatable bonds is 6. The zero-order valence-corrected chi connectivity index (χ0v) is 19.2. The molecule has 0 saturated carbocycles. The number of hydrogen-bond donors (Lipinski definition) is 0. The van der Waals surface area contributed by atoms with Crippen molar-refractivity contribution >= 4 is 51.4 Å². The van der Waals surface area contributed by atoms with E-state index in [-0.39, 0.29) is 12.2 Å². The predicted octanol–water partition coefficient (Wildman–Crippen LogP) is 8.46. The number of hydrogen-bond acceptors (Lipinski definition) is 2. The van der Waals surface area contributed by atoms with Crippen LogP contribution in [0.5, 0.6) is 0 Å². The van der Waals surface area contributed by atoms with Gasteiger partial charge < -0.3 is 0 Å². The molecule has 0 aliphatic heterocycles. The molecule has 0 bridgehead atoms. The van der Waals surface area contributed by atoms with Gasteiger partial charge in [-0.05, 0) is 46.7 Å². The second-order valence-electron chi connectivity index (χ2n) is 7.59. The molecule has 158 valence electrons. The Bertz CT molecular complexity index is 1320. The van der Waals surface area contributed by atoms with Gasteiger partial charge in [-0.2, -0.15) is 5.26 Å². The highest BCUT2D eigenvalue weighted by Crippen LogP contribution is 2.42. The molecule has 0 aromatic heterocycles. The largest absolute Gasteiger partial charge is 0.294 e. The van der Waals surface area contributed by atoms with E-state index in [4.69, 9.17) is 34.8 Å². The standard InChI is InChI=1S/C27H18Cl3NO/c28-21-8-3-7-19(14-21)22(23(16-31)27-24(29)9-4-10-25(27)30)15-26(32)20-12-11-17-5-1-2-6-18(17)13-20/h1-14,22-23H,15H2/t22-,23-/m0/s1. The quantitative estimate of drug-likeness (QED) is 0.261. The van der Waals surface area contributed by atoms with Crippen molar-refractivity contribution in [3.63, 3.8) is 0 Å². The Morgan fingerprint density at radius 1 is 0.812 bits per heavy atom. The highest BCUT2D eigenvalue weighted by atomic mass is 35.5. The molecule has 0 N–H and O–H groups in total. The highest BCUT2D eigenvalue weighted by Gasteiger charge is 2.31. The molecule has 0 spiro atoms. The maximum Gasteiger partial charge on any atom is 0.163 e. The van der Waals surface area contributed by atoms with Crippen molar-refractivity contribution in [2.75, 3.05) is 0 Å². The molecule has 5 heteroatoms. The van der Waals surface area contributed by atoms with Crippen molar-refractivity contribution in [3.05, 3.63) is 117 Å². The molecule has 0 fully saturated rings. The number of nitriles is 1. The van der Waals surface area contributed by atoms with Crippen LogP contribution < -0.4 is 0 Å². The molecule has 2 atom stereocenters. The van der Waals surface area contributed by atoms with Gasteiger partial charge in [0.15, 0.2) is 5.78 Å². The fraction of sp³-hybridized carbons (Fsp3) is 0.111. The first-order valence-electron chi connectivity index (χ1n) is 10.1. The number of halogens is 3. The van der Waals surface area contributed by atoms with Gasteiger partial charge in [-0.3, -0.25) is 4.79 Å². The molecule has 0 aliphatic carbocycles. The summed E-state index contributed by atoms with van der Waals surface area (Å²) in [7, 11) is 0. The van der Waals surface area contributed by atoms with Crippen molar-refractivity contribution in [1.29, 1.82) is 5.26 Å². The summed E-state index contributed by atoms with van der Waals surface area (Å²) in [5.74, 6) is -1.27. The molecule has 0 radical (unpaired) electrons. The van der Waals surface area contributed by atoms with E-state index >= 15 is 0 Å². The maximum absolute atomic E-state index is 13.4. The van der Waals surface area contributed by atoms with Gasteiger partial charge in [-0.25, -0.2) is 0 Å². The topological polar surface area (TPSA) is 40.9 Å². The molecule has 0 aliphatic rings. The van der Waals surface area contributed by atoms with E-state index in [1.807, 2.05) is 54.6 Å². The molecule has 0 heterocycles. The van der Waals surface area contributed by atoms with E-state index in [0.29, 0.717) is 26.2 Å². The number of ketones is 1. The lowest BCUT2D eigenvalue weighted by atomic mass is 9.78. The van der Waals surface area contributed by atoms with Crippen molar-refractivity contribution in [3.8, 4) is 6.07 Å². The monoisotopic (exact) mass is 477 g/mol. The number of nitrogens with zero attached hydrogens (tertiary/aromatic N) is 1. The Morgan fingerprint density at radius 2 is 1.50 bits per heavy atom. The van der Waals surface area contributed by atoms with Crippen LogP contribution in [0.3, 0.4) is 0 Å². The predicted molar refractivity (Wildman–Crippen MR) is 132 cm³/mol. The number of benzene rings is 4. The molecular weight excluding hydrogens is 461 g/mol. The lowest BCUT2D eigenvalue weighted by Crippen LogP contribution is -2.16. The zero-order chi connectivity index (χ0) is 22.7. The summed E-state index contributed by atoms with van der Waals surface area (Å²) in [6.07, 6.45) is 0.110. The minimum atomic E-state index is -0.723. The van der Waals surface area contributed by atoms with E-state index in [2.05, 4.69) is 6.07 Å². The van der Waals surface area contributed by atoms with Crippen LogP contribution in [0.25, 0.3) is 10.8 Å². The van der Waals surface area contributed by atoms with Crippen LogP contribution in [0, 0.1) is 11.3 Å². The zero-order valence-electron chi connectivity index (χ0n) is 16.9. The summed E-state index contributed by atoms with van der Waals surface area (Å²) < 4.78 is 0. The van der Waals surface area contributed by atoms with Crippen LogP contribution in [0.2, 0.25) is 15.1 Å². The fourth-order valence-corrected chi connectivity index (χ4v) is 4.84. The van der Waals surface area contributed by atoms with Crippen LogP contribution >= 0.6 is 34.8 Å². The molecule has 4 rings (SSSR count). The lowest BCUT2D eigenvalue weighted by Gasteiger charge is -2.24. The van der Waals surface area contributed by atoms with Crippen LogP contribution in [-0.2, 0) is 0 Å². The SMILES string of the molecule is N#C[C@H](c1c(Cl)cccc1Cl)[C@@H](CC(=O)c1ccc2ccccc2c1)c1cccc(Cl)c1. The summed E-state index contributed by atoms with van der Waals surface area (Å²) in [6, 6.07) is 28.2. The van der Waals surface area contributed by atoms with E-state index in [0.717, 1.165) is 16.3 Å². The van der Waals surface area contributed by atoms with Crippen molar-refractivity contribution in [2.45, 2.75) is 18.3 Å². The first kappa shape index (κ1) is 22.4. The Morgan fingerprint density at radius 3 is 2.19 bits per heavy atom. The molecule has 2 nitrogen and oxygen atoms in total. The summed E-state index contributed by atoms with van der Waals surface area (Å²) in [4.78, 5) is 13.4. The first-order valence-corrected chi connectivity index (χ1v) is 11.2. The van der Waals surface area contributed by atoms with Gasteiger partial charge in [0.25, 0.3) is 0 Å². The molecular formula is C27H18Cl3NO. The van der Waals surface area contributed by atoms with E-state index in [1.54, 1.807) is 30.3 Å². The summed E-state index contributed by atoms with van der Waals surface area (Å²) in [5.41, 5.74) is 1.90. The summed E-state index contributed by atoms with van der Waals surface area (Å²) in [6.45, 7) is 0. The van der Waals surface area contributed by atoms with Crippen LogP contribution in [0.4, 0.5) is 0 Å². The van der Waals surface area contributed by atoms with E-state index < -0.39 is 11.8 Å². The van der Waals surface area contributed by atoms with Gasteiger partial charge in [0.05, 0.1) is 12.0 Å². The van der Waals surface area contributed by atoms with Gasteiger partial charge >= 0.3 is 0 Å². The van der Waals surface area contributed by atoms with Gasteiger partial charge in [-0.1, -0.05) is 89.4 Å². The summed E-state index contributed by atoms with van der Waals surface area (Å²) >= 11 is 19.1. The number of carbonyl (C=O) groups excluding carboxylic acids is 1. The number of Topliss-reactive ketones (excluding diaryl/α,β-unsaturated/α-hetero) is 1. The first-order chi connectivity index (χ1) is 15.5. The highest BCUT2D eigenvalue weighted by molar-refractivity contribution is 6.36. The minimum absolute atomic E-state index is 0.0656. The smallest absolute Gasteiger partial charge is 0.163 e. The van der Waals surface area contributed by atoms with Crippen LogP contribution in [0.1, 0.15) is 39.7 Å². The third kappa shape index (κ3) is 4.66. The normalized spacial score (nSPS) is 12.8. The number of carbonyl (C=O) groups is 1. The Kier molecular flexibility index (Phi) is 6.82. The van der Waals surface area contributed by atoms with E-state index in [1.165, 1.54) is 0 Å². The minimum Gasteiger partial charge on any atom is -0.294 e. The van der Waals surface area contributed by atoms with Crippen LogP contribution in [0.15, 0.2) is 84.9 Å². The average Bonchev–Trinajstić information content (AvgIpc) is 2.80. The average molecular weight is 479 g/mol. The molecule has 4 aromatic rings. The molecule has 0 saturated heterocycles. The third-order valence-corrected chi connectivity index (χ3v) is 6.50. The molecule has 0 unspecified atom stereocenters. The molecule has 0 amide bonds. The van der Waals surface area contributed by atoms with Gasteiger partial charge in [0.1, 0.15) is 0 Å². The van der Waals surface area contributed by atoms with Gasteiger partial charge in [-0.15, -0.1) is 0 Å². The third-order valence-electron chi connectivity index (χ3n) is 5.61. The Balaban J connectivity index is 1.77. The maximum atomic E-state index is 13.4. The van der Waals surface area contributed by atoms with Crippen molar-refractivity contribution < 1.29 is 4.79 Å². The summed E-state index contributed by atoms with van der Waals surface area (Å²) in [5, 5.41) is 13.5. The second-order valence-corrected chi connectivity index (χ2v) is 8.84. The number of fused-ring (bicyclic) bond motifs is 1.